The summed E-state index contributed by atoms with van der Waals surface area (Å²) >= 11 is 0. The highest BCUT2D eigenvalue weighted by molar-refractivity contribution is 5.91. The summed E-state index contributed by atoms with van der Waals surface area (Å²) in [5, 5.41) is 14.9. The number of anilines is 1. The van der Waals surface area contributed by atoms with E-state index in [1.807, 2.05) is 25.7 Å². The van der Waals surface area contributed by atoms with Crippen molar-refractivity contribution in [3.05, 3.63) is 69.9 Å². The van der Waals surface area contributed by atoms with Gasteiger partial charge in [-0.3, -0.25) is 4.98 Å². The first-order valence-electron chi connectivity index (χ1n) is 13.5. The van der Waals surface area contributed by atoms with E-state index in [4.69, 9.17) is 4.74 Å². The third kappa shape index (κ3) is 4.29. The van der Waals surface area contributed by atoms with Gasteiger partial charge in [0.25, 0.3) is 0 Å². The molecule has 2 bridgehead atoms. The Hall–Kier alpha value is -3.96. The van der Waals surface area contributed by atoms with Crippen LogP contribution in [0.3, 0.4) is 0 Å². The van der Waals surface area contributed by atoms with Gasteiger partial charge < -0.3 is 20.1 Å². The van der Waals surface area contributed by atoms with E-state index < -0.39 is 23.4 Å². The topological polar surface area (TPSA) is 105 Å². The minimum absolute atomic E-state index is 0.0140. The minimum atomic E-state index is -1.04. The third-order valence-electron chi connectivity index (χ3n) is 7.55. The fraction of sp³-hybridized carbons (Fsp3) is 0.379. The SMILES string of the molecule is CC(C)c1nccc2c1-n1c(=O)nc(N3CCNC[C@@H]3C)c3cc(F)c(nc31)-c1c(F)cccc1OCCC2O. The number of aromatic nitrogens is 4. The van der Waals surface area contributed by atoms with Gasteiger partial charge in [0.15, 0.2) is 11.5 Å². The average molecular weight is 549 g/mol. The van der Waals surface area contributed by atoms with E-state index >= 15 is 8.78 Å². The molecule has 9 nitrogen and oxygen atoms in total. The van der Waals surface area contributed by atoms with Crippen molar-refractivity contribution in [2.24, 2.45) is 0 Å². The zero-order valence-corrected chi connectivity index (χ0v) is 22.5. The van der Waals surface area contributed by atoms with E-state index in [2.05, 4.69) is 20.3 Å². The first kappa shape index (κ1) is 26.3. The van der Waals surface area contributed by atoms with Crippen LogP contribution in [0.15, 0.2) is 41.3 Å². The van der Waals surface area contributed by atoms with Crippen LogP contribution in [0.1, 0.15) is 50.5 Å². The molecular weight excluding hydrogens is 518 g/mol. The van der Waals surface area contributed by atoms with Crippen molar-refractivity contribution in [1.82, 2.24) is 24.8 Å². The van der Waals surface area contributed by atoms with E-state index in [1.165, 1.54) is 28.8 Å². The first-order chi connectivity index (χ1) is 19.3. The Labute approximate surface area is 229 Å². The molecule has 0 aliphatic carbocycles. The fourth-order valence-corrected chi connectivity index (χ4v) is 5.57. The molecule has 5 heterocycles. The zero-order chi connectivity index (χ0) is 28.1. The molecule has 2 aliphatic rings. The monoisotopic (exact) mass is 548 g/mol. The van der Waals surface area contributed by atoms with E-state index in [-0.39, 0.29) is 47.6 Å². The summed E-state index contributed by atoms with van der Waals surface area (Å²) in [6.07, 6.45) is 0.683. The maximum Gasteiger partial charge on any atom is 0.355 e. The number of rotatable bonds is 2. The molecule has 2 aliphatic heterocycles. The Morgan fingerprint density at radius 1 is 1.18 bits per heavy atom. The Bertz CT molecular complexity index is 1670. The number of benzene rings is 1. The zero-order valence-electron chi connectivity index (χ0n) is 22.5. The fourth-order valence-electron chi connectivity index (χ4n) is 5.57. The highest BCUT2D eigenvalue weighted by Crippen LogP contribution is 2.39. The quantitative estimate of drug-likeness (QED) is 0.389. The molecule has 208 valence electrons. The molecule has 0 radical (unpaired) electrons. The van der Waals surface area contributed by atoms with Crippen molar-refractivity contribution in [1.29, 1.82) is 0 Å². The van der Waals surface area contributed by atoms with Gasteiger partial charge in [0, 0.05) is 43.9 Å². The van der Waals surface area contributed by atoms with Crippen molar-refractivity contribution in [3.8, 4) is 22.7 Å². The lowest BCUT2D eigenvalue weighted by molar-refractivity contribution is 0.140. The molecule has 40 heavy (non-hydrogen) atoms. The average Bonchev–Trinajstić information content (AvgIpc) is 2.92. The number of halogens is 2. The Morgan fingerprint density at radius 2 is 2.00 bits per heavy atom. The van der Waals surface area contributed by atoms with Crippen LogP contribution in [0.2, 0.25) is 0 Å². The molecule has 1 saturated heterocycles. The summed E-state index contributed by atoms with van der Waals surface area (Å²) in [5.41, 5.74) is 0.342. The van der Waals surface area contributed by atoms with E-state index in [0.29, 0.717) is 47.8 Å². The number of aliphatic hydroxyl groups is 1. The van der Waals surface area contributed by atoms with Crippen LogP contribution >= 0.6 is 0 Å². The summed E-state index contributed by atoms with van der Waals surface area (Å²) in [6, 6.07) is 7.09. The van der Waals surface area contributed by atoms with Gasteiger partial charge in [-0.25, -0.2) is 23.1 Å². The molecule has 6 rings (SSSR count). The second-order valence-electron chi connectivity index (χ2n) is 10.5. The van der Waals surface area contributed by atoms with Crippen molar-refractivity contribution < 1.29 is 18.6 Å². The second-order valence-corrected chi connectivity index (χ2v) is 10.5. The van der Waals surface area contributed by atoms with Crippen LogP contribution in [0.4, 0.5) is 14.6 Å². The van der Waals surface area contributed by atoms with Crippen LogP contribution in [-0.2, 0) is 0 Å². The molecule has 2 N–H and O–H groups in total. The van der Waals surface area contributed by atoms with E-state index in [1.54, 1.807) is 12.3 Å². The number of pyridine rings is 2. The van der Waals surface area contributed by atoms with Gasteiger partial charge >= 0.3 is 5.69 Å². The summed E-state index contributed by atoms with van der Waals surface area (Å²) in [7, 11) is 0. The van der Waals surface area contributed by atoms with Gasteiger partial charge in [0.2, 0.25) is 0 Å². The molecule has 0 spiro atoms. The molecular formula is C29H30F2N6O3. The first-order valence-corrected chi connectivity index (χ1v) is 13.5. The van der Waals surface area contributed by atoms with Gasteiger partial charge in [-0.2, -0.15) is 4.98 Å². The number of aliphatic hydroxyl groups excluding tert-OH is 1. The van der Waals surface area contributed by atoms with Gasteiger partial charge in [-0.05, 0) is 37.1 Å². The van der Waals surface area contributed by atoms with Crippen LogP contribution in [0.5, 0.6) is 5.75 Å². The van der Waals surface area contributed by atoms with Crippen LogP contribution in [0, 0.1) is 11.6 Å². The maximum absolute atomic E-state index is 16.0. The van der Waals surface area contributed by atoms with E-state index in [9.17, 15) is 9.90 Å². The lowest BCUT2D eigenvalue weighted by Crippen LogP contribution is -2.50. The molecule has 0 saturated carbocycles. The highest BCUT2D eigenvalue weighted by atomic mass is 19.1. The number of nitrogens with zero attached hydrogens (tertiary/aromatic N) is 5. The lowest BCUT2D eigenvalue weighted by Gasteiger charge is -2.35. The van der Waals surface area contributed by atoms with Crippen LogP contribution in [-0.4, -0.2) is 56.9 Å². The Balaban J connectivity index is 1.79. The summed E-state index contributed by atoms with van der Waals surface area (Å²) in [5.74, 6) is -1.23. The largest absolute Gasteiger partial charge is 0.493 e. The maximum atomic E-state index is 16.0. The minimum Gasteiger partial charge on any atom is -0.493 e. The number of ether oxygens (including phenoxy) is 1. The number of nitrogens with one attached hydrogen (secondary N) is 1. The van der Waals surface area contributed by atoms with Gasteiger partial charge in [-0.1, -0.05) is 19.9 Å². The molecule has 3 aromatic heterocycles. The molecule has 11 heteroatoms. The smallest absolute Gasteiger partial charge is 0.355 e. The molecule has 1 unspecified atom stereocenters. The van der Waals surface area contributed by atoms with Crippen molar-refractivity contribution in [2.75, 3.05) is 31.1 Å². The predicted octanol–water partition coefficient (Wildman–Crippen LogP) is 3.86. The number of fused-ring (bicyclic) bond motifs is 5. The Kier molecular flexibility index (Phi) is 6.71. The van der Waals surface area contributed by atoms with Gasteiger partial charge in [0.1, 0.15) is 23.1 Å². The van der Waals surface area contributed by atoms with Crippen LogP contribution in [0.25, 0.3) is 28.0 Å². The summed E-state index contributed by atoms with van der Waals surface area (Å²) in [4.78, 5) is 29.6. The predicted molar refractivity (Wildman–Crippen MR) is 147 cm³/mol. The third-order valence-corrected chi connectivity index (χ3v) is 7.55. The molecule has 0 amide bonds. The molecule has 1 aromatic carbocycles. The summed E-state index contributed by atoms with van der Waals surface area (Å²) < 4.78 is 38.4. The van der Waals surface area contributed by atoms with Crippen molar-refractivity contribution >= 4 is 16.9 Å². The van der Waals surface area contributed by atoms with Gasteiger partial charge in [-0.15, -0.1) is 0 Å². The normalized spacial score (nSPS) is 19.1. The second kappa shape index (κ2) is 10.2. The van der Waals surface area contributed by atoms with Crippen molar-refractivity contribution in [3.63, 3.8) is 0 Å². The lowest BCUT2D eigenvalue weighted by atomic mass is 9.99. The number of hydrogen-bond acceptors (Lipinski definition) is 8. The number of hydrogen-bond donors (Lipinski definition) is 2. The summed E-state index contributed by atoms with van der Waals surface area (Å²) in [6.45, 7) is 7.73. The van der Waals surface area contributed by atoms with E-state index in [0.717, 1.165) is 0 Å². The highest BCUT2D eigenvalue weighted by Gasteiger charge is 2.30. The molecule has 1 fully saturated rings. The standard InChI is InChI=1S/C29H30F2N6O3/c1-15(2)24-26-17(7-9-33-24)21(38)8-12-40-22-6-4-5-19(30)23(22)25-20(31)13-18-27(36-11-10-32-14-16(36)3)35-29(39)37(26)28(18)34-25/h4-7,9,13,15-16,21,32,38H,8,10-12,14H2,1-3H3/t16-,21?/m0/s1. The van der Waals surface area contributed by atoms with Crippen LogP contribution < -0.4 is 20.6 Å². The molecule has 4 aromatic rings. The number of piperazine rings is 1. The Morgan fingerprint density at radius 3 is 2.77 bits per heavy atom. The van der Waals surface area contributed by atoms with Crippen molar-refractivity contribution in [2.45, 2.75) is 45.3 Å². The molecule has 2 atom stereocenters. The van der Waals surface area contributed by atoms with Gasteiger partial charge in [0.05, 0.1) is 35.0 Å².